The second-order valence-electron chi connectivity index (χ2n) is 5.73. The summed E-state index contributed by atoms with van der Waals surface area (Å²) in [5.74, 6) is -3.85. The number of amides is 1. The van der Waals surface area contributed by atoms with Crippen molar-refractivity contribution in [3.05, 3.63) is 65.7 Å². The number of carbonyl (C=O) groups is 1. The fourth-order valence-electron chi connectivity index (χ4n) is 2.31. The Bertz CT molecular complexity index is 806. The topological polar surface area (TPSA) is 63.2 Å². The summed E-state index contributed by atoms with van der Waals surface area (Å²) in [6.45, 7) is 1.87. The molecule has 134 valence electrons. The minimum atomic E-state index is -4.65. The molecule has 1 unspecified atom stereocenters. The van der Waals surface area contributed by atoms with E-state index in [0.717, 1.165) is 25.0 Å². The summed E-state index contributed by atoms with van der Waals surface area (Å²) in [5, 5.41) is 2.81. The van der Waals surface area contributed by atoms with Crippen LogP contribution in [0.3, 0.4) is 0 Å². The number of aryl methyl sites for hydroxylation is 1. The quantitative estimate of drug-likeness (QED) is 0.815. The van der Waals surface area contributed by atoms with Crippen LogP contribution in [0.25, 0.3) is 0 Å². The molecule has 0 radical (unpaired) electrons. The first kappa shape index (κ1) is 19.1. The Balaban J connectivity index is 1.94. The van der Waals surface area contributed by atoms with Crippen molar-refractivity contribution >= 4 is 15.7 Å². The van der Waals surface area contributed by atoms with Crippen molar-refractivity contribution in [2.75, 3.05) is 0 Å². The third-order valence-corrected chi connectivity index (χ3v) is 5.16. The number of alkyl halides is 2. The zero-order chi connectivity index (χ0) is 18.4. The monoisotopic (exact) mass is 367 g/mol. The van der Waals surface area contributed by atoms with E-state index in [1.807, 2.05) is 37.3 Å². The van der Waals surface area contributed by atoms with E-state index in [1.54, 1.807) is 0 Å². The van der Waals surface area contributed by atoms with Gasteiger partial charge < -0.3 is 5.32 Å². The van der Waals surface area contributed by atoms with Gasteiger partial charge in [0.15, 0.2) is 0 Å². The average Bonchev–Trinajstić information content (AvgIpc) is 2.60. The van der Waals surface area contributed by atoms with Crippen LogP contribution in [-0.2, 0) is 16.3 Å². The van der Waals surface area contributed by atoms with Crippen LogP contribution in [0, 0.1) is 0 Å². The van der Waals surface area contributed by atoms with Gasteiger partial charge in [0, 0.05) is 11.6 Å². The first-order valence-electron chi connectivity index (χ1n) is 7.77. The van der Waals surface area contributed by atoms with Gasteiger partial charge >= 0.3 is 5.76 Å². The minimum absolute atomic E-state index is 0.0859. The number of rotatable bonds is 7. The lowest BCUT2D eigenvalue weighted by atomic mass is 10.1. The molecule has 25 heavy (non-hydrogen) atoms. The Morgan fingerprint density at radius 3 is 2.20 bits per heavy atom. The molecule has 2 aromatic carbocycles. The van der Waals surface area contributed by atoms with Crippen LogP contribution >= 0.6 is 0 Å². The fourth-order valence-corrected chi connectivity index (χ4v) is 3.03. The standard InChI is InChI=1S/C18H19F2NO3S/c1-13(7-8-14-5-3-2-4-6-14)21-17(22)15-9-11-16(12-10-15)25(23,24)18(19)20/h2-6,9-13,18H,7-8H2,1H3,(H,21,22). The van der Waals surface area contributed by atoms with Gasteiger partial charge in [0.05, 0.1) is 4.90 Å². The van der Waals surface area contributed by atoms with Crippen molar-refractivity contribution in [2.24, 2.45) is 0 Å². The van der Waals surface area contributed by atoms with Crippen molar-refractivity contribution in [3.63, 3.8) is 0 Å². The molecule has 0 aliphatic rings. The van der Waals surface area contributed by atoms with Crippen LogP contribution in [-0.4, -0.2) is 26.1 Å². The summed E-state index contributed by atoms with van der Waals surface area (Å²) in [7, 11) is -4.65. The molecule has 0 heterocycles. The van der Waals surface area contributed by atoms with Gasteiger partial charge in [-0.25, -0.2) is 8.42 Å². The lowest BCUT2D eigenvalue weighted by Gasteiger charge is -2.14. The molecule has 1 N–H and O–H groups in total. The van der Waals surface area contributed by atoms with Gasteiger partial charge in [-0.05, 0) is 49.6 Å². The molecule has 2 aromatic rings. The van der Waals surface area contributed by atoms with Crippen LogP contribution < -0.4 is 5.32 Å². The third kappa shape index (κ3) is 5.09. The minimum Gasteiger partial charge on any atom is -0.350 e. The summed E-state index contributed by atoms with van der Waals surface area (Å²) >= 11 is 0. The molecule has 1 atom stereocenters. The summed E-state index contributed by atoms with van der Waals surface area (Å²) in [4.78, 5) is 11.6. The molecule has 0 bridgehead atoms. The highest BCUT2D eigenvalue weighted by atomic mass is 32.2. The number of carbonyl (C=O) groups excluding carboxylic acids is 1. The number of nitrogens with one attached hydrogen (secondary N) is 1. The van der Waals surface area contributed by atoms with Crippen molar-refractivity contribution in [1.82, 2.24) is 5.32 Å². The predicted octanol–water partition coefficient (Wildman–Crippen LogP) is 3.43. The average molecular weight is 367 g/mol. The Hall–Kier alpha value is -2.28. The molecule has 0 saturated carbocycles. The maximum Gasteiger partial charge on any atom is 0.341 e. The first-order valence-corrected chi connectivity index (χ1v) is 9.32. The molecule has 4 nitrogen and oxygen atoms in total. The lowest BCUT2D eigenvalue weighted by Crippen LogP contribution is -2.32. The molecule has 0 saturated heterocycles. The Morgan fingerprint density at radius 1 is 1.04 bits per heavy atom. The summed E-state index contributed by atoms with van der Waals surface area (Å²) < 4.78 is 47.7. The smallest absolute Gasteiger partial charge is 0.341 e. The number of hydrogen-bond acceptors (Lipinski definition) is 3. The molecule has 0 spiro atoms. The maximum atomic E-state index is 12.5. The molecular formula is C18H19F2NO3S. The van der Waals surface area contributed by atoms with E-state index in [4.69, 9.17) is 0 Å². The normalized spacial score (nSPS) is 12.8. The number of halogens is 2. The number of benzene rings is 2. The van der Waals surface area contributed by atoms with Crippen LogP contribution in [0.15, 0.2) is 59.5 Å². The molecular weight excluding hydrogens is 348 g/mol. The molecule has 0 aliphatic heterocycles. The van der Waals surface area contributed by atoms with E-state index in [0.29, 0.717) is 0 Å². The highest BCUT2D eigenvalue weighted by molar-refractivity contribution is 7.91. The molecule has 0 fully saturated rings. The summed E-state index contributed by atoms with van der Waals surface area (Å²) in [6, 6.07) is 14.3. The van der Waals surface area contributed by atoms with Gasteiger partial charge in [-0.3, -0.25) is 4.79 Å². The van der Waals surface area contributed by atoms with Gasteiger partial charge in [0.2, 0.25) is 9.84 Å². The predicted molar refractivity (Wildman–Crippen MR) is 91.3 cm³/mol. The van der Waals surface area contributed by atoms with Crippen LogP contribution in [0.5, 0.6) is 0 Å². The Morgan fingerprint density at radius 2 is 1.64 bits per heavy atom. The van der Waals surface area contributed by atoms with Crippen LogP contribution in [0.2, 0.25) is 0 Å². The van der Waals surface area contributed by atoms with Crippen molar-refractivity contribution in [3.8, 4) is 0 Å². The van der Waals surface area contributed by atoms with E-state index >= 15 is 0 Å². The molecule has 7 heteroatoms. The number of hydrogen-bond donors (Lipinski definition) is 1. The van der Waals surface area contributed by atoms with Gasteiger partial charge in [0.25, 0.3) is 5.91 Å². The Labute approximate surface area is 145 Å². The van der Waals surface area contributed by atoms with Crippen molar-refractivity contribution in [1.29, 1.82) is 0 Å². The summed E-state index contributed by atoms with van der Waals surface area (Å²) in [6.07, 6.45) is 1.56. The summed E-state index contributed by atoms with van der Waals surface area (Å²) in [5.41, 5.74) is 1.39. The highest BCUT2D eigenvalue weighted by Crippen LogP contribution is 2.18. The van der Waals surface area contributed by atoms with Gasteiger partial charge in [-0.1, -0.05) is 30.3 Å². The molecule has 0 aliphatic carbocycles. The lowest BCUT2D eigenvalue weighted by molar-refractivity contribution is 0.0938. The second kappa shape index (κ2) is 8.20. The van der Waals surface area contributed by atoms with Crippen LogP contribution in [0.1, 0.15) is 29.3 Å². The van der Waals surface area contributed by atoms with Gasteiger partial charge in [-0.15, -0.1) is 0 Å². The van der Waals surface area contributed by atoms with E-state index in [-0.39, 0.29) is 17.5 Å². The van der Waals surface area contributed by atoms with Crippen LogP contribution in [0.4, 0.5) is 8.78 Å². The third-order valence-electron chi connectivity index (χ3n) is 3.77. The zero-order valence-corrected chi connectivity index (χ0v) is 14.5. The SMILES string of the molecule is CC(CCc1ccccc1)NC(=O)c1ccc(S(=O)(=O)C(F)F)cc1. The molecule has 2 rings (SSSR count). The molecule has 1 amide bonds. The zero-order valence-electron chi connectivity index (χ0n) is 13.7. The first-order chi connectivity index (χ1) is 11.8. The van der Waals surface area contributed by atoms with E-state index < -0.39 is 20.5 Å². The van der Waals surface area contributed by atoms with Crippen molar-refractivity contribution in [2.45, 2.75) is 36.5 Å². The Kier molecular flexibility index (Phi) is 6.25. The van der Waals surface area contributed by atoms with Gasteiger partial charge in [-0.2, -0.15) is 8.78 Å². The molecule has 0 aromatic heterocycles. The van der Waals surface area contributed by atoms with Crippen molar-refractivity contribution < 1.29 is 22.0 Å². The van der Waals surface area contributed by atoms with E-state index in [1.165, 1.54) is 17.7 Å². The van der Waals surface area contributed by atoms with Gasteiger partial charge in [0.1, 0.15) is 0 Å². The fraction of sp³-hybridized carbons (Fsp3) is 0.278. The highest BCUT2D eigenvalue weighted by Gasteiger charge is 2.26. The van der Waals surface area contributed by atoms with E-state index in [9.17, 15) is 22.0 Å². The number of sulfone groups is 1. The largest absolute Gasteiger partial charge is 0.350 e. The van der Waals surface area contributed by atoms with E-state index in [2.05, 4.69) is 5.32 Å². The maximum absolute atomic E-state index is 12.5. The second-order valence-corrected chi connectivity index (χ2v) is 7.65.